The monoisotopic (exact) mass is 393 g/mol. The maximum absolute atomic E-state index is 12.3. The Labute approximate surface area is 162 Å². The second kappa shape index (κ2) is 9.26. The van der Waals surface area contributed by atoms with Crippen LogP contribution in [0.15, 0.2) is 42.5 Å². The number of carbonyl (C=O) groups excluding carboxylic acids is 1. The molecule has 2 rings (SSSR count). The lowest BCUT2D eigenvalue weighted by molar-refractivity contribution is 0.0871. The van der Waals surface area contributed by atoms with E-state index in [2.05, 4.69) is 5.43 Å². The number of thiocarbonyl (C=S) groups is 1. The minimum Gasteiger partial charge on any atom is -0.493 e. The number of rotatable bonds is 6. The van der Waals surface area contributed by atoms with Gasteiger partial charge in [0.25, 0.3) is 5.91 Å². The number of nitrogens with one attached hydrogen (secondary N) is 1. The van der Waals surface area contributed by atoms with E-state index in [0.717, 1.165) is 5.56 Å². The normalized spacial score (nSPS) is 10.1. The maximum Gasteiger partial charge on any atom is 0.269 e. The average Bonchev–Trinajstić information content (AvgIpc) is 2.64. The molecule has 0 spiro atoms. The first kappa shape index (κ1) is 19.8. The van der Waals surface area contributed by atoms with E-state index < -0.39 is 0 Å². The molecule has 0 aliphatic rings. The number of hydrogen-bond acceptors (Lipinski definition) is 4. The Morgan fingerprint density at radius 1 is 1.15 bits per heavy atom. The Bertz CT molecular complexity index is 784. The number of amides is 1. The van der Waals surface area contributed by atoms with Crippen LogP contribution in [0.3, 0.4) is 0 Å². The summed E-state index contributed by atoms with van der Waals surface area (Å²) >= 11 is 10.9. The predicted molar refractivity (Wildman–Crippen MR) is 106 cm³/mol. The van der Waals surface area contributed by atoms with Gasteiger partial charge in [0.1, 0.15) is 0 Å². The fourth-order valence-electron chi connectivity index (χ4n) is 2.29. The summed E-state index contributed by atoms with van der Waals surface area (Å²) in [6.45, 7) is 0.407. The molecule has 0 unspecified atom stereocenters. The number of nitrogens with zero attached hydrogens (tertiary/aromatic N) is 1. The van der Waals surface area contributed by atoms with E-state index in [9.17, 15) is 4.79 Å². The van der Waals surface area contributed by atoms with Crippen molar-refractivity contribution in [1.82, 2.24) is 10.4 Å². The third-order valence-electron chi connectivity index (χ3n) is 3.68. The van der Waals surface area contributed by atoms with E-state index in [4.69, 9.17) is 39.0 Å². The lowest BCUT2D eigenvalue weighted by atomic mass is 10.1. The van der Waals surface area contributed by atoms with Crippen LogP contribution in [0.5, 0.6) is 11.5 Å². The topological polar surface area (TPSA) is 76.8 Å². The van der Waals surface area contributed by atoms with Gasteiger partial charge in [-0.2, -0.15) is 0 Å². The van der Waals surface area contributed by atoms with Gasteiger partial charge in [0.2, 0.25) is 0 Å². The van der Waals surface area contributed by atoms with E-state index >= 15 is 0 Å². The number of methoxy groups -OCH3 is 2. The molecule has 0 bridgehead atoms. The lowest BCUT2D eigenvalue weighted by Crippen LogP contribution is -2.49. The quantitative estimate of drug-likeness (QED) is 0.580. The molecule has 0 saturated carbocycles. The molecule has 0 aromatic heterocycles. The van der Waals surface area contributed by atoms with Crippen LogP contribution in [0.1, 0.15) is 15.9 Å². The van der Waals surface area contributed by atoms with Gasteiger partial charge in [-0.3, -0.25) is 15.2 Å². The average molecular weight is 394 g/mol. The number of hydrogen-bond donors (Lipinski definition) is 2. The second-order valence-electron chi connectivity index (χ2n) is 5.38. The van der Waals surface area contributed by atoms with Gasteiger partial charge in [-0.15, -0.1) is 0 Å². The summed E-state index contributed by atoms with van der Waals surface area (Å²) < 4.78 is 10.5. The smallest absolute Gasteiger partial charge is 0.269 e. The summed E-state index contributed by atoms with van der Waals surface area (Å²) in [5.41, 5.74) is 9.88. The molecule has 0 aliphatic carbocycles. The van der Waals surface area contributed by atoms with Crippen molar-refractivity contribution in [2.24, 2.45) is 5.73 Å². The first-order valence-corrected chi connectivity index (χ1v) is 8.57. The first-order valence-electron chi connectivity index (χ1n) is 7.79. The number of nitrogens with two attached hydrogens (primary N) is 1. The van der Waals surface area contributed by atoms with Gasteiger partial charge in [-0.05, 0) is 60.6 Å². The largest absolute Gasteiger partial charge is 0.493 e. The van der Waals surface area contributed by atoms with Crippen molar-refractivity contribution in [3.8, 4) is 11.5 Å². The van der Waals surface area contributed by atoms with Gasteiger partial charge in [0.15, 0.2) is 16.6 Å². The fourth-order valence-corrected chi connectivity index (χ4v) is 2.55. The Morgan fingerprint density at radius 2 is 1.81 bits per heavy atom. The summed E-state index contributed by atoms with van der Waals surface area (Å²) in [7, 11) is 3.16. The predicted octanol–water partition coefficient (Wildman–Crippen LogP) is 2.79. The van der Waals surface area contributed by atoms with Crippen molar-refractivity contribution in [3.05, 3.63) is 58.6 Å². The van der Waals surface area contributed by atoms with E-state index in [1.165, 1.54) is 5.01 Å². The van der Waals surface area contributed by atoms with Crippen molar-refractivity contribution in [2.45, 2.75) is 6.42 Å². The van der Waals surface area contributed by atoms with E-state index in [1.54, 1.807) is 38.5 Å². The van der Waals surface area contributed by atoms with Crippen LogP contribution in [-0.2, 0) is 6.42 Å². The Morgan fingerprint density at radius 3 is 2.38 bits per heavy atom. The number of hydrazine groups is 1. The number of ether oxygens (including phenoxy) is 2. The van der Waals surface area contributed by atoms with E-state index in [-0.39, 0.29) is 11.0 Å². The highest BCUT2D eigenvalue weighted by Crippen LogP contribution is 2.27. The van der Waals surface area contributed by atoms with Gasteiger partial charge in [0.05, 0.1) is 14.2 Å². The van der Waals surface area contributed by atoms with Crippen LogP contribution >= 0.6 is 23.8 Å². The molecule has 8 heteroatoms. The second-order valence-corrected chi connectivity index (χ2v) is 6.23. The van der Waals surface area contributed by atoms with Crippen LogP contribution in [-0.4, -0.2) is 36.8 Å². The molecule has 2 aromatic rings. The molecule has 138 valence electrons. The van der Waals surface area contributed by atoms with Crippen LogP contribution in [0, 0.1) is 0 Å². The van der Waals surface area contributed by atoms with Crippen molar-refractivity contribution in [2.75, 3.05) is 20.8 Å². The molecule has 6 nitrogen and oxygen atoms in total. The van der Waals surface area contributed by atoms with Crippen molar-refractivity contribution in [1.29, 1.82) is 0 Å². The zero-order chi connectivity index (χ0) is 19.1. The maximum atomic E-state index is 12.3. The minimum atomic E-state index is -0.318. The van der Waals surface area contributed by atoms with E-state index in [1.807, 2.05) is 18.2 Å². The van der Waals surface area contributed by atoms with Crippen molar-refractivity contribution < 1.29 is 14.3 Å². The summed E-state index contributed by atoms with van der Waals surface area (Å²) in [5, 5.41) is 2.07. The molecule has 2 aromatic carbocycles. The summed E-state index contributed by atoms with van der Waals surface area (Å²) in [6, 6.07) is 12.2. The Kier molecular flexibility index (Phi) is 7.06. The van der Waals surface area contributed by atoms with Gasteiger partial charge < -0.3 is 15.2 Å². The van der Waals surface area contributed by atoms with Crippen LogP contribution in [0.25, 0.3) is 0 Å². The van der Waals surface area contributed by atoms with Gasteiger partial charge in [0, 0.05) is 17.1 Å². The molecule has 26 heavy (non-hydrogen) atoms. The summed E-state index contributed by atoms with van der Waals surface area (Å²) in [5.74, 6) is 0.970. The minimum absolute atomic E-state index is 0.0767. The molecule has 0 fully saturated rings. The molecular weight excluding hydrogens is 374 g/mol. The summed E-state index contributed by atoms with van der Waals surface area (Å²) in [6.07, 6.45) is 0.596. The molecule has 0 heterocycles. The number of carbonyl (C=O) groups is 1. The van der Waals surface area contributed by atoms with Gasteiger partial charge in [-0.25, -0.2) is 0 Å². The van der Waals surface area contributed by atoms with Gasteiger partial charge in [-0.1, -0.05) is 17.7 Å². The number of benzene rings is 2. The SMILES string of the molecule is COc1ccc(CCN(NC(=O)c2ccc(Cl)cc2)C(N)=S)cc1OC. The molecule has 1 amide bonds. The lowest BCUT2D eigenvalue weighted by Gasteiger charge is -2.23. The molecule has 0 atom stereocenters. The van der Waals surface area contributed by atoms with Crippen LogP contribution < -0.4 is 20.6 Å². The standard InChI is InChI=1S/C18H20ClN3O3S/c1-24-15-8-3-12(11-16(15)25-2)9-10-22(18(20)26)21-17(23)13-4-6-14(19)7-5-13/h3-8,11H,9-10H2,1-2H3,(H2,20,26)(H,21,23). The third-order valence-corrected chi connectivity index (χ3v) is 4.15. The van der Waals surface area contributed by atoms with E-state index in [0.29, 0.717) is 35.1 Å². The highest BCUT2D eigenvalue weighted by Gasteiger charge is 2.13. The summed E-state index contributed by atoms with van der Waals surface area (Å²) in [4.78, 5) is 12.3. The van der Waals surface area contributed by atoms with Crippen LogP contribution in [0.2, 0.25) is 5.02 Å². The fraction of sp³-hybridized carbons (Fsp3) is 0.222. The van der Waals surface area contributed by atoms with Crippen molar-refractivity contribution in [3.63, 3.8) is 0 Å². The third kappa shape index (κ3) is 5.24. The Hall–Kier alpha value is -2.51. The zero-order valence-electron chi connectivity index (χ0n) is 14.5. The number of halogens is 1. The first-order chi connectivity index (χ1) is 12.4. The van der Waals surface area contributed by atoms with Gasteiger partial charge >= 0.3 is 0 Å². The van der Waals surface area contributed by atoms with Crippen molar-refractivity contribution >= 4 is 34.8 Å². The molecule has 0 radical (unpaired) electrons. The highest BCUT2D eigenvalue weighted by atomic mass is 35.5. The molecule has 0 saturated heterocycles. The van der Waals surface area contributed by atoms with Crippen LogP contribution in [0.4, 0.5) is 0 Å². The zero-order valence-corrected chi connectivity index (χ0v) is 16.1. The Balaban J connectivity index is 2.03. The molecule has 3 N–H and O–H groups in total. The molecule has 0 aliphatic heterocycles. The highest BCUT2D eigenvalue weighted by molar-refractivity contribution is 7.80. The molecular formula is C18H20ClN3O3S.